The molecule has 1 saturated heterocycles. The first-order valence-electron chi connectivity index (χ1n) is 8.86. The largest absolute Gasteiger partial charge is 0.336 e. The molecular weight excluding hydrogens is 328 g/mol. The average Bonchev–Trinajstić information content (AvgIpc) is 3.05. The SMILES string of the molecule is CN1CCN(C(=O)c2cccc3[nH][nH]c(=O)c23)CC1Cc1ccccc1. The first-order chi connectivity index (χ1) is 12.6. The Balaban J connectivity index is 1.58. The lowest BCUT2D eigenvalue weighted by atomic mass is 10.0. The van der Waals surface area contributed by atoms with Crippen molar-refractivity contribution in [1.82, 2.24) is 20.0 Å². The van der Waals surface area contributed by atoms with Crippen molar-refractivity contribution >= 4 is 16.8 Å². The summed E-state index contributed by atoms with van der Waals surface area (Å²) in [6, 6.07) is 15.9. The molecular formula is C20H22N4O2. The number of nitrogens with one attached hydrogen (secondary N) is 2. The van der Waals surface area contributed by atoms with E-state index in [0.29, 0.717) is 29.6 Å². The van der Waals surface area contributed by atoms with Crippen LogP contribution in [0.2, 0.25) is 0 Å². The molecule has 1 fully saturated rings. The summed E-state index contributed by atoms with van der Waals surface area (Å²) in [5, 5.41) is 5.82. The Morgan fingerprint density at radius 2 is 1.88 bits per heavy atom. The molecule has 0 aliphatic carbocycles. The molecule has 1 unspecified atom stereocenters. The first kappa shape index (κ1) is 16.6. The maximum atomic E-state index is 13.1. The number of hydrogen-bond acceptors (Lipinski definition) is 3. The van der Waals surface area contributed by atoms with E-state index in [4.69, 9.17) is 0 Å². The van der Waals surface area contributed by atoms with Crippen molar-refractivity contribution in [3.05, 3.63) is 70.0 Å². The molecule has 134 valence electrons. The number of rotatable bonds is 3. The number of benzene rings is 2. The fraction of sp³-hybridized carbons (Fsp3) is 0.300. The zero-order valence-electron chi connectivity index (χ0n) is 14.7. The standard InChI is InChI=1S/C20H22N4O2/c1-23-10-11-24(13-15(23)12-14-6-3-2-4-7-14)20(26)16-8-5-9-17-18(16)19(25)22-21-17/h2-9,15H,10-13H2,1H3,(H2,21,22,25). The van der Waals surface area contributed by atoms with Crippen molar-refractivity contribution in [1.29, 1.82) is 0 Å². The normalized spacial score (nSPS) is 18.3. The molecule has 4 rings (SSSR count). The fourth-order valence-electron chi connectivity index (χ4n) is 3.67. The Hall–Kier alpha value is -2.86. The molecule has 3 aromatic rings. The number of aromatic amines is 2. The van der Waals surface area contributed by atoms with Gasteiger partial charge >= 0.3 is 0 Å². The highest BCUT2D eigenvalue weighted by Gasteiger charge is 2.29. The van der Waals surface area contributed by atoms with Gasteiger partial charge in [0.2, 0.25) is 0 Å². The highest BCUT2D eigenvalue weighted by Crippen LogP contribution is 2.19. The molecule has 2 heterocycles. The number of aromatic nitrogens is 2. The number of amides is 1. The maximum Gasteiger partial charge on any atom is 0.272 e. The monoisotopic (exact) mass is 350 g/mol. The maximum absolute atomic E-state index is 13.1. The number of nitrogens with zero attached hydrogens (tertiary/aromatic N) is 2. The average molecular weight is 350 g/mol. The molecule has 1 amide bonds. The van der Waals surface area contributed by atoms with E-state index in [1.165, 1.54) is 5.56 Å². The molecule has 0 bridgehead atoms. The molecule has 2 aromatic carbocycles. The van der Waals surface area contributed by atoms with Gasteiger partial charge in [0.15, 0.2) is 0 Å². The molecule has 0 radical (unpaired) electrons. The molecule has 1 atom stereocenters. The van der Waals surface area contributed by atoms with Crippen LogP contribution in [0.15, 0.2) is 53.3 Å². The quantitative estimate of drug-likeness (QED) is 0.757. The van der Waals surface area contributed by atoms with E-state index in [2.05, 4.69) is 34.3 Å². The number of H-pyrrole nitrogens is 2. The Morgan fingerprint density at radius 1 is 1.08 bits per heavy atom. The zero-order chi connectivity index (χ0) is 18.1. The van der Waals surface area contributed by atoms with Crippen molar-refractivity contribution in [3.8, 4) is 0 Å². The van der Waals surface area contributed by atoms with Gasteiger partial charge in [-0.2, -0.15) is 0 Å². The third-order valence-corrected chi connectivity index (χ3v) is 5.21. The van der Waals surface area contributed by atoms with Gasteiger partial charge in [-0.05, 0) is 31.2 Å². The van der Waals surface area contributed by atoms with Crippen LogP contribution in [0.3, 0.4) is 0 Å². The molecule has 6 nitrogen and oxygen atoms in total. The second-order valence-electron chi connectivity index (χ2n) is 6.88. The highest BCUT2D eigenvalue weighted by atomic mass is 16.2. The summed E-state index contributed by atoms with van der Waals surface area (Å²) in [7, 11) is 2.10. The van der Waals surface area contributed by atoms with Gasteiger partial charge in [0.1, 0.15) is 0 Å². The fourth-order valence-corrected chi connectivity index (χ4v) is 3.67. The summed E-state index contributed by atoms with van der Waals surface area (Å²) in [6.07, 6.45) is 0.899. The van der Waals surface area contributed by atoms with Crippen LogP contribution in [-0.2, 0) is 6.42 Å². The van der Waals surface area contributed by atoms with Crippen LogP contribution in [0.5, 0.6) is 0 Å². The summed E-state index contributed by atoms with van der Waals surface area (Å²) in [5.74, 6) is -0.0770. The number of fused-ring (bicyclic) bond motifs is 1. The van der Waals surface area contributed by atoms with Crippen LogP contribution in [0.25, 0.3) is 10.9 Å². The molecule has 0 spiro atoms. The van der Waals surface area contributed by atoms with Crippen LogP contribution < -0.4 is 5.56 Å². The van der Waals surface area contributed by atoms with Crippen LogP contribution in [-0.4, -0.2) is 58.6 Å². The third kappa shape index (κ3) is 3.04. The molecule has 0 saturated carbocycles. The predicted molar refractivity (Wildman–Crippen MR) is 101 cm³/mol. The van der Waals surface area contributed by atoms with Gasteiger partial charge in [0.25, 0.3) is 11.5 Å². The van der Waals surface area contributed by atoms with E-state index in [9.17, 15) is 9.59 Å². The summed E-state index contributed by atoms with van der Waals surface area (Å²) in [4.78, 5) is 29.4. The van der Waals surface area contributed by atoms with Gasteiger partial charge < -0.3 is 4.90 Å². The summed E-state index contributed by atoms with van der Waals surface area (Å²) >= 11 is 0. The van der Waals surface area contributed by atoms with Gasteiger partial charge in [0.05, 0.1) is 16.5 Å². The van der Waals surface area contributed by atoms with E-state index in [1.807, 2.05) is 23.1 Å². The minimum Gasteiger partial charge on any atom is -0.336 e. The van der Waals surface area contributed by atoms with Crippen LogP contribution in [0.1, 0.15) is 15.9 Å². The first-order valence-corrected chi connectivity index (χ1v) is 8.86. The van der Waals surface area contributed by atoms with E-state index < -0.39 is 0 Å². The zero-order valence-corrected chi connectivity index (χ0v) is 14.7. The third-order valence-electron chi connectivity index (χ3n) is 5.21. The Bertz CT molecular complexity index is 976. The number of carbonyl (C=O) groups is 1. The van der Waals surface area contributed by atoms with Crippen molar-refractivity contribution in [2.75, 3.05) is 26.7 Å². The van der Waals surface area contributed by atoms with Gasteiger partial charge in [-0.25, -0.2) is 0 Å². The van der Waals surface area contributed by atoms with E-state index >= 15 is 0 Å². The second kappa shape index (κ2) is 6.80. The summed E-state index contributed by atoms with van der Waals surface area (Å²) in [6.45, 7) is 2.14. The number of carbonyl (C=O) groups excluding carboxylic acids is 1. The van der Waals surface area contributed by atoms with Crippen molar-refractivity contribution in [3.63, 3.8) is 0 Å². The number of hydrogen-bond donors (Lipinski definition) is 2. The smallest absolute Gasteiger partial charge is 0.272 e. The van der Waals surface area contributed by atoms with Crippen LogP contribution >= 0.6 is 0 Å². The van der Waals surface area contributed by atoms with Crippen molar-refractivity contribution < 1.29 is 4.79 Å². The van der Waals surface area contributed by atoms with Crippen molar-refractivity contribution in [2.45, 2.75) is 12.5 Å². The van der Waals surface area contributed by atoms with E-state index in [0.717, 1.165) is 13.0 Å². The van der Waals surface area contributed by atoms with Crippen LogP contribution in [0, 0.1) is 0 Å². The molecule has 6 heteroatoms. The topological polar surface area (TPSA) is 72.2 Å². The molecule has 2 N–H and O–H groups in total. The Labute approximate surface area is 151 Å². The van der Waals surface area contributed by atoms with Gasteiger partial charge in [-0.3, -0.25) is 24.7 Å². The van der Waals surface area contributed by atoms with Crippen molar-refractivity contribution in [2.24, 2.45) is 0 Å². The molecule has 1 aromatic heterocycles. The molecule has 1 aliphatic heterocycles. The minimum absolute atomic E-state index is 0.0770. The lowest BCUT2D eigenvalue weighted by Crippen LogP contribution is -2.54. The lowest BCUT2D eigenvalue weighted by Gasteiger charge is -2.39. The second-order valence-corrected chi connectivity index (χ2v) is 6.88. The molecule has 26 heavy (non-hydrogen) atoms. The Kier molecular flexibility index (Phi) is 4.34. The summed E-state index contributed by atoms with van der Waals surface area (Å²) in [5.41, 5.74) is 2.14. The Morgan fingerprint density at radius 3 is 2.69 bits per heavy atom. The minimum atomic E-state index is -0.251. The summed E-state index contributed by atoms with van der Waals surface area (Å²) < 4.78 is 0. The lowest BCUT2D eigenvalue weighted by molar-refractivity contribution is 0.0549. The van der Waals surface area contributed by atoms with E-state index in [-0.39, 0.29) is 17.5 Å². The van der Waals surface area contributed by atoms with Gasteiger partial charge in [-0.15, -0.1) is 0 Å². The predicted octanol–water partition coefficient (Wildman–Crippen LogP) is 1.86. The number of piperazine rings is 1. The number of likely N-dealkylation sites (N-methyl/N-ethyl adjacent to an activating group) is 1. The molecule has 1 aliphatic rings. The van der Waals surface area contributed by atoms with Gasteiger partial charge in [0, 0.05) is 25.7 Å². The highest BCUT2D eigenvalue weighted by molar-refractivity contribution is 6.06. The van der Waals surface area contributed by atoms with E-state index in [1.54, 1.807) is 18.2 Å². The van der Waals surface area contributed by atoms with Gasteiger partial charge in [-0.1, -0.05) is 36.4 Å². The van der Waals surface area contributed by atoms with Crippen LogP contribution in [0.4, 0.5) is 0 Å².